The van der Waals surface area contributed by atoms with Gasteiger partial charge in [-0.2, -0.15) is 0 Å². The second-order valence-corrected chi connectivity index (χ2v) is 16.8. The summed E-state index contributed by atoms with van der Waals surface area (Å²) >= 11 is -2.38. The summed E-state index contributed by atoms with van der Waals surface area (Å²) in [6.07, 6.45) is 14.2. The van der Waals surface area contributed by atoms with E-state index in [1.807, 2.05) is 9.84 Å². The van der Waals surface area contributed by atoms with E-state index in [9.17, 15) is 0 Å². The smallest absolute Gasteiger partial charge is 1.00 e. The number of hydrogen-bond donors (Lipinski definition) is 0. The third-order valence-electron chi connectivity index (χ3n) is 8.45. The summed E-state index contributed by atoms with van der Waals surface area (Å²) in [7, 11) is 0. The van der Waals surface area contributed by atoms with E-state index in [-0.39, 0.29) is 30.2 Å². The first kappa shape index (κ1) is 29.9. The van der Waals surface area contributed by atoms with Gasteiger partial charge >= 0.3 is 221 Å². The van der Waals surface area contributed by atoms with Gasteiger partial charge in [0.15, 0.2) is 0 Å². The fourth-order valence-corrected chi connectivity index (χ4v) is 15.9. The zero-order valence-electron chi connectivity index (χ0n) is 22.7. The van der Waals surface area contributed by atoms with Crippen molar-refractivity contribution in [3.63, 3.8) is 0 Å². The molecule has 2 aromatic rings. The number of allylic oxidation sites excluding steroid dienone is 12. The Morgan fingerprint density at radius 2 is 1.08 bits per heavy atom. The summed E-state index contributed by atoms with van der Waals surface area (Å²) in [4.78, 5) is 0. The van der Waals surface area contributed by atoms with Crippen LogP contribution in [0.4, 0.5) is 0 Å². The third kappa shape index (κ3) is 5.85. The first-order valence-corrected chi connectivity index (χ1v) is 16.7. The minimum atomic E-state index is -2.38. The Balaban J connectivity index is 0.00000190. The average Bonchev–Trinajstić information content (AvgIpc) is 3.54. The van der Waals surface area contributed by atoms with Gasteiger partial charge in [-0.1, -0.05) is 0 Å². The normalized spacial score (nSPS) is 18.1. The maximum atomic E-state index is 2.50. The SMILES string of the molecule is CC1=C(C)C(C)(C)[C]([Zr+2]([C]2=C(Cc3ccccc3)C=CC2)[C]2=C(Cc3ccccc3)C=CC2)=C1C.[Cl-].[Cl-]. The van der Waals surface area contributed by atoms with E-state index in [0.29, 0.717) is 0 Å². The molecular weight excluding hydrogens is 571 g/mol. The second kappa shape index (κ2) is 12.5. The van der Waals surface area contributed by atoms with Crippen molar-refractivity contribution in [1.82, 2.24) is 0 Å². The molecule has 0 spiro atoms. The van der Waals surface area contributed by atoms with Crippen molar-refractivity contribution in [1.29, 1.82) is 0 Å². The van der Waals surface area contributed by atoms with Gasteiger partial charge in [0.1, 0.15) is 0 Å². The van der Waals surface area contributed by atoms with Crippen molar-refractivity contribution >= 4 is 0 Å². The summed E-state index contributed by atoms with van der Waals surface area (Å²) in [6, 6.07) is 22.1. The van der Waals surface area contributed by atoms with Crippen LogP contribution in [0.5, 0.6) is 0 Å². The van der Waals surface area contributed by atoms with Crippen LogP contribution in [0, 0.1) is 5.41 Å². The molecule has 5 rings (SSSR count). The molecule has 0 aliphatic heterocycles. The van der Waals surface area contributed by atoms with E-state index in [4.69, 9.17) is 0 Å². The molecule has 3 aliphatic rings. The number of rotatable bonds is 7. The van der Waals surface area contributed by atoms with Crippen molar-refractivity contribution < 1.29 is 46.6 Å². The molecule has 0 nitrogen and oxygen atoms in total. The monoisotopic (exact) mass is 605 g/mol. The van der Waals surface area contributed by atoms with Crippen molar-refractivity contribution in [3.8, 4) is 0 Å². The van der Waals surface area contributed by atoms with Gasteiger partial charge in [-0.05, 0) is 0 Å². The molecule has 37 heavy (non-hydrogen) atoms. The molecule has 0 amide bonds. The van der Waals surface area contributed by atoms with Crippen LogP contribution in [0.3, 0.4) is 0 Å². The van der Waals surface area contributed by atoms with Crippen LogP contribution in [-0.4, -0.2) is 0 Å². The summed E-state index contributed by atoms with van der Waals surface area (Å²) < 4.78 is 5.44. The maximum Gasteiger partial charge on any atom is -1.00 e. The molecule has 3 heteroatoms. The standard InChI is InChI=1S/2C12H11.C10H15.2ClH.Zr/c2*1-2-6-11(7-3-1)10-12-8-4-5-9-12;1-7-6-10(4,5)9(3)8(7)2;;;/h2*1-4,6-8H,5,10H2;1-5H3;2*1H;/q;;;;;+2/p-2. The van der Waals surface area contributed by atoms with Gasteiger partial charge in [0.25, 0.3) is 0 Å². The Bertz CT molecular complexity index is 1240. The fourth-order valence-electron chi connectivity index (χ4n) is 6.17. The van der Waals surface area contributed by atoms with Gasteiger partial charge in [0, 0.05) is 0 Å². The summed E-state index contributed by atoms with van der Waals surface area (Å²) in [6.45, 7) is 12.2. The summed E-state index contributed by atoms with van der Waals surface area (Å²) in [5, 5.41) is 0. The van der Waals surface area contributed by atoms with Crippen molar-refractivity contribution in [3.05, 3.63) is 134 Å². The Kier molecular flexibility index (Phi) is 10.1. The van der Waals surface area contributed by atoms with E-state index in [1.165, 1.54) is 16.7 Å². The molecule has 0 saturated heterocycles. The van der Waals surface area contributed by atoms with Gasteiger partial charge in [-0.3, -0.25) is 0 Å². The van der Waals surface area contributed by atoms with Gasteiger partial charge in [0.05, 0.1) is 0 Å². The Labute approximate surface area is 244 Å². The van der Waals surface area contributed by atoms with Gasteiger partial charge in [0.2, 0.25) is 0 Å². The van der Waals surface area contributed by atoms with Gasteiger partial charge in [-0.25, -0.2) is 0 Å². The molecule has 0 unspecified atom stereocenters. The van der Waals surface area contributed by atoms with E-state index in [0.717, 1.165) is 25.7 Å². The Hall–Kier alpha value is -1.66. The van der Waals surface area contributed by atoms with Crippen LogP contribution in [0.15, 0.2) is 123 Å². The van der Waals surface area contributed by atoms with Crippen molar-refractivity contribution in [2.24, 2.45) is 5.41 Å². The molecule has 191 valence electrons. The van der Waals surface area contributed by atoms with Crippen LogP contribution in [0.2, 0.25) is 0 Å². The Morgan fingerprint density at radius 3 is 1.46 bits per heavy atom. The Morgan fingerprint density at radius 1 is 0.649 bits per heavy atom. The first-order valence-electron chi connectivity index (χ1n) is 13.0. The second-order valence-electron chi connectivity index (χ2n) is 10.8. The van der Waals surface area contributed by atoms with E-state index >= 15 is 0 Å². The first-order chi connectivity index (χ1) is 16.9. The molecule has 0 bridgehead atoms. The third-order valence-corrected chi connectivity index (χ3v) is 17.7. The van der Waals surface area contributed by atoms with E-state index in [1.54, 1.807) is 22.3 Å². The van der Waals surface area contributed by atoms with Crippen LogP contribution < -0.4 is 24.8 Å². The molecule has 0 N–H and O–H groups in total. The number of hydrogen-bond acceptors (Lipinski definition) is 0. The summed E-state index contributed by atoms with van der Waals surface area (Å²) in [5.74, 6) is 0. The molecular formula is C34H37Cl2Zr. The molecule has 2 aromatic carbocycles. The van der Waals surface area contributed by atoms with Crippen molar-refractivity contribution in [2.75, 3.05) is 0 Å². The predicted molar refractivity (Wildman–Crippen MR) is 147 cm³/mol. The number of benzene rings is 2. The molecule has 0 aromatic heterocycles. The predicted octanol–water partition coefficient (Wildman–Crippen LogP) is 3.18. The maximum absolute atomic E-state index is 2.50. The van der Waals surface area contributed by atoms with Gasteiger partial charge in [-0.15, -0.1) is 0 Å². The minimum absolute atomic E-state index is 0. The molecule has 0 saturated carbocycles. The van der Waals surface area contributed by atoms with E-state index < -0.39 is 21.8 Å². The fraction of sp³-hybridized carbons (Fsp3) is 0.294. The largest absolute Gasteiger partial charge is 1.00 e. The van der Waals surface area contributed by atoms with Crippen LogP contribution in [0.25, 0.3) is 0 Å². The molecule has 3 aliphatic carbocycles. The summed E-state index contributed by atoms with van der Waals surface area (Å²) in [5.41, 5.74) is 10.9. The van der Waals surface area contributed by atoms with Crippen molar-refractivity contribution in [2.45, 2.75) is 60.3 Å². The zero-order valence-corrected chi connectivity index (χ0v) is 26.6. The van der Waals surface area contributed by atoms with E-state index in [2.05, 4.69) is 120 Å². The molecule has 0 fully saturated rings. The number of halogens is 2. The average molecular weight is 608 g/mol. The van der Waals surface area contributed by atoms with Crippen LogP contribution in [0.1, 0.15) is 58.6 Å². The molecule has 0 heterocycles. The molecule has 0 radical (unpaired) electrons. The quantitative estimate of drug-likeness (QED) is 0.454. The molecule has 0 atom stereocenters. The minimum Gasteiger partial charge on any atom is -1.00 e. The zero-order chi connectivity index (χ0) is 24.6. The van der Waals surface area contributed by atoms with Crippen LogP contribution in [-0.2, 0) is 34.6 Å². The topological polar surface area (TPSA) is 0 Å². The van der Waals surface area contributed by atoms with Gasteiger partial charge < -0.3 is 24.8 Å². The van der Waals surface area contributed by atoms with Crippen LogP contribution >= 0.6 is 0 Å².